The molecular weight excluding hydrogens is 364 g/mol. The van der Waals surface area contributed by atoms with Crippen LogP contribution in [-0.2, 0) is 6.54 Å². The van der Waals surface area contributed by atoms with Crippen molar-refractivity contribution in [3.05, 3.63) is 28.8 Å². The summed E-state index contributed by atoms with van der Waals surface area (Å²) in [5, 5.41) is 11.9. The highest BCUT2D eigenvalue weighted by atomic mass is 32.2. The summed E-state index contributed by atoms with van der Waals surface area (Å²) in [6, 6.07) is 5.78. The number of aromatic nitrogens is 4. The monoisotopic (exact) mass is 380 g/mol. The van der Waals surface area contributed by atoms with Crippen LogP contribution in [0.3, 0.4) is 0 Å². The maximum atomic E-state index is 12.1. The number of thioether (sulfide) groups is 1. The summed E-state index contributed by atoms with van der Waals surface area (Å²) in [4.78, 5) is 13.8. The van der Waals surface area contributed by atoms with Gasteiger partial charge in [0.2, 0.25) is 0 Å². The second-order valence-electron chi connectivity index (χ2n) is 5.11. The first-order valence-electron chi connectivity index (χ1n) is 7.25. The number of nitrogens with zero attached hydrogens (tertiary/aromatic N) is 5. The number of carbonyl (C=O) groups is 1. The first-order valence-corrected chi connectivity index (χ1v) is 9.78. The Balaban J connectivity index is 1.44. The zero-order valence-corrected chi connectivity index (χ0v) is 15.7. The van der Waals surface area contributed by atoms with E-state index < -0.39 is 0 Å². The molecule has 0 spiro atoms. The summed E-state index contributed by atoms with van der Waals surface area (Å²) in [5.74, 6) is 0.769. The minimum absolute atomic E-state index is 0.0967. The van der Waals surface area contributed by atoms with Gasteiger partial charge in [0.05, 0.1) is 11.7 Å². The van der Waals surface area contributed by atoms with Gasteiger partial charge in [-0.05, 0) is 24.6 Å². The number of carbonyl (C=O) groups excluding carboxylic acids is 1. The fourth-order valence-electron chi connectivity index (χ4n) is 2.04. The van der Waals surface area contributed by atoms with Crippen molar-refractivity contribution in [3.8, 4) is 0 Å². The average molecular weight is 381 g/mol. The van der Waals surface area contributed by atoms with Crippen LogP contribution in [0.1, 0.15) is 10.6 Å². The van der Waals surface area contributed by atoms with Gasteiger partial charge >= 0.3 is 6.03 Å². The van der Waals surface area contributed by atoms with Gasteiger partial charge in [0.25, 0.3) is 0 Å². The summed E-state index contributed by atoms with van der Waals surface area (Å²) >= 11 is 4.36. The molecule has 3 rings (SSSR count). The van der Waals surface area contributed by atoms with E-state index in [1.165, 1.54) is 11.7 Å². The maximum Gasteiger partial charge on any atom is 0.317 e. The third-order valence-electron chi connectivity index (χ3n) is 3.20. The van der Waals surface area contributed by atoms with Crippen LogP contribution in [0.2, 0.25) is 0 Å². The molecule has 0 aliphatic rings. The predicted molar refractivity (Wildman–Crippen MR) is 97.7 cm³/mol. The van der Waals surface area contributed by atoms with Crippen molar-refractivity contribution in [2.24, 2.45) is 0 Å². The van der Waals surface area contributed by atoms with Crippen LogP contribution in [0.15, 0.2) is 22.5 Å². The first-order chi connectivity index (χ1) is 11.6. The SMILES string of the molecule is Cc1nnc(SCCNC(=O)N(C)Cc2ccc3nsnc3c2)s1. The van der Waals surface area contributed by atoms with Gasteiger partial charge in [-0.1, -0.05) is 29.2 Å². The highest BCUT2D eigenvalue weighted by Crippen LogP contribution is 2.21. The Morgan fingerprint density at radius 3 is 2.92 bits per heavy atom. The molecule has 0 aliphatic heterocycles. The number of aryl methyl sites for hydroxylation is 1. The van der Waals surface area contributed by atoms with Crippen LogP contribution in [0.25, 0.3) is 11.0 Å². The van der Waals surface area contributed by atoms with Crippen LogP contribution < -0.4 is 5.32 Å². The van der Waals surface area contributed by atoms with E-state index in [0.29, 0.717) is 13.1 Å². The Labute approximate surface area is 151 Å². The molecule has 126 valence electrons. The molecule has 0 fully saturated rings. The second kappa shape index (κ2) is 7.86. The molecule has 0 aliphatic carbocycles. The summed E-state index contributed by atoms with van der Waals surface area (Å²) in [5.41, 5.74) is 2.79. The predicted octanol–water partition coefficient (Wildman–Crippen LogP) is 2.78. The van der Waals surface area contributed by atoms with Gasteiger partial charge in [-0.15, -0.1) is 10.2 Å². The molecule has 10 heteroatoms. The largest absolute Gasteiger partial charge is 0.337 e. The molecular formula is C14H16N6OS3. The van der Waals surface area contributed by atoms with Crippen molar-refractivity contribution in [2.75, 3.05) is 19.3 Å². The third kappa shape index (κ3) is 4.40. The summed E-state index contributed by atoms with van der Waals surface area (Å²) in [7, 11) is 1.78. The van der Waals surface area contributed by atoms with E-state index in [-0.39, 0.29) is 6.03 Å². The Morgan fingerprint density at radius 2 is 2.12 bits per heavy atom. The Kier molecular flexibility index (Phi) is 5.59. The molecule has 0 saturated carbocycles. The minimum Gasteiger partial charge on any atom is -0.337 e. The zero-order valence-electron chi connectivity index (χ0n) is 13.2. The van der Waals surface area contributed by atoms with E-state index in [1.807, 2.05) is 25.1 Å². The molecule has 0 bridgehead atoms. The molecule has 0 saturated heterocycles. The van der Waals surface area contributed by atoms with Crippen LogP contribution in [0.4, 0.5) is 4.79 Å². The normalized spacial score (nSPS) is 10.9. The molecule has 1 N–H and O–H groups in total. The van der Waals surface area contributed by atoms with Crippen molar-refractivity contribution in [1.29, 1.82) is 0 Å². The van der Waals surface area contributed by atoms with Gasteiger partial charge in [-0.3, -0.25) is 0 Å². The maximum absolute atomic E-state index is 12.1. The van der Waals surface area contributed by atoms with Gasteiger partial charge in [0.15, 0.2) is 4.34 Å². The molecule has 2 amide bonds. The lowest BCUT2D eigenvalue weighted by Gasteiger charge is -2.17. The lowest BCUT2D eigenvalue weighted by Crippen LogP contribution is -2.37. The Bertz CT molecular complexity index is 833. The standard InChI is InChI=1S/C14H16N6OS3/c1-9-16-17-14(23-9)22-6-5-15-13(21)20(2)8-10-3-4-11-12(7-10)19-24-18-11/h3-4,7H,5-6,8H2,1-2H3,(H,15,21). The molecule has 3 aromatic rings. The number of hydrogen-bond donors (Lipinski definition) is 1. The van der Waals surface area contributed by atoms with Crippen molar-refractivity contribution in [2.45, 2.75) is 17.8 Å². The number of fused-ring (bicyclic) bond motifs is 1. The lowest BCUT2D eigenvalue weighted by molar-refractivity contribution is 0.207. The van der Waals surface area contributed by atoms with Gasteiger partial charge in [-0.2, -0.15) is 8.75 Å². The fraction of sp³-hybridized carbons (Fsp3) is 0.357. The van der Waals surface area contributed by atoms with Gasteiger partial charge < -0.3 is 10.2 Å². The molecule has 1 aromatic carbocycles. The summed E-state index contributed by atoms with van der Waals surface area (Å²) in [6.07, 6.45) is 0. The average Bonchev–Trinajstić information content (AvgIpc) is 3.19. The molecule has 0 radical (unpaired) electrons. The van der Waals surface area contributed by atoms with Crippen molar-refractivity contribution < 1.29 is 4.79 Å². The van der Waals surface area contributed by atoms with Gasteiger partial charge in [0, 0.05) is 25.9 Å². The summed E-state index contributed by atoms with van der Waals surface area (Å²) in [6.45, 7) is 3.04. The highest BCUT2D eigenvalue weighted by Gasteiger charge is 2.10. The Hall–Kier alpha value is -1.78. The summed E-state index contributed by atoms with van der Waals surface area (Å²) < 4.78 is 9.33. The van der Waals surface area contributed by atoms with Gasteiger partial charge in [0.1, 0.15) is 16.0 Å². The van der Waals surface area contributed by atoms with Crippen LogP contribution in [-0.4, -0.2) is 49.2 Å². The lowest BCUT2D eigenvalue weighted by atomic mass is 10.2. The van der Waals surface area contributed by atoms with E-state index in [1.54, 1.807) is 35.0 Å². The number of urea groups is 1. The number of nitrogens with one attached hydrogen (secondary N) is 1. The molecule has 24 heavy (non-hydrogen) atoms. The van der Waals surface area contributed by atoms with Crippen LogP contribution in [0.5, 0.6) is 0 Å². The first kappa shape index (κ1) is 17.1. The second-order valence-corrected chi connectivity index (χ2v) is 8.16. The highest BCUT2D eigenvalue weighted by molar-refractivity contribution is 8.01. The Morgan fingerprint density at radius 1 is 1.29 bits per heavy atom. The zero-order chi connectivity index (χ0) is 16.9. The number of amides is 2. The fourth-order valence-corrected chi connectivity index (χ4v) is 4.30. The topological polar surface area (TPSA) is 83.9 Å². The quantitative estimate of drug-likeness (QED) is 0.523. The van der Waals surface area contributed by atoms with E-state index in [2.05, 4.69) is 24.3 Å². The van der Waals surface area contributed by atoms with Crippen LogP contribution in [0, 0.1) is 6.92 Å². The molecule has 2 aromatic heterocycles. The molecule has 0 unspecified atom stereocenters. The molecule has 7 nitrogen and oxygen atoms in total. The number of rotatable bonds is 6. The van der Waals surface area contributed by atoms with E-state index >= 15 is 0 Å². The van der Waals surface area contributed by atoms with E-state index in [0.717, 1.165) is 31.7 Å². The van der Waals surface area contributed by atoms with Gasteiger partial charge in [-0.25, -0.2) is 4.79 Å². The molecule has 2 heterocycles. The number of hydrogen-bond acceptors (Lipinski definition) is 8. The molecule has 0 atom stereocenters. The smallest absolute Gasteiger partial charge is 0.317 e. The van der Waals surface area contributed by atoms with Crippen LogP contribution >= 0.6 is 34.8 Å². The minimum atomic E-state index is -0.0967. The van der Waals surface area contributed by atoms with Crippen molar-refractivity contribution in [3.63, 3.8) is 0 Å². The van der Waals surface area contributed by atoms with E-state index in [4.69, 9.17) is 0 Å². The van der Waals surface area contributed by atoms with E-state index in [9.17, 15) is 4.79 Å². The van der Waals surface area contributed by atoms with Crippen molar-refractivity contribution >= 4 is 51.9 Å². The third-order valence-corrected chi connectivity index (χ3v) is 5.73. The number of benzene rings is 1. The van der Waals surface area contributed by atoms with Crippen molar-refractivity contribution in [1.82, 2.24) is 29.2 Å².